The molecule has 0 saturated carbocycles. The van der Waals surface area contributed by atoms with Crippen LogP contribution in [0.15, 0.2) is 10.2 Å². The van der Waals surface area contributed by atoms with E-state index in [4.69, 9.17) is 5.11 Å². The third-order valence-corrected chi connectivity index (χ3v) is 2.22. The number of carboxylic acids is 1. The Kier molecular flexibility index (Phi) is 1.93. The first-order chi connectivity index (χ1) is 5.17. The first-order valence-corrected chi connectivity index (χ1v) is 3.82. The van der Waals surface area contributed by atoms with Gasteiger partial charge in [-0.1, -0.05) is 13.8 Å². The minimum Gasteiger partial charge on any atom is -0.479 e. The van der Waals surface area contributed by atoms with Crippen LogP contribution in [0.2, 0.25) is 0 Å². The van der Waals surface area contributed by atoms with Crippen molar-refractivity contribution in [2.45, 2.75) is 38.3 Å². The molecule has 2 unspecified atom stereocenters. The lowest BCUT2D eigenvalue weighted by Gasteiger charge is -2.34. The van der Waals surface area contributed by atoms with Crippen LogP contribution < -0.4 is 0 Å². The summed E-state index contributed by atoms with van der Waals surface area (Å²) in [5, 5.41) is 16.3. The SMILES string of the molecule is CCC1N=NC1(CC)C(=O)O. The van der Waals surface area contributed by atoms with E-state index in [2.05, 4.69) is 10.2 Å². The maximum Gasteiger partial charge on any atom is 0.335 e. The smallest absolute Gasteiger partial charge is 0.335 e. The van der Waals surface area contributed by atoms with E-state index in [1.165, 1.54) is 0 Å². The molecule has 0 radical (unpaired) electrons. The highest BCUT2D eigenvalue weighted by molar-refractivity contribution is 5.81. The highest BCUT2D eigenvalue weighted by Crippen LogP contribution is 2.34. The van der Waals surface area contributed by atoms with Crippen LogP contribution in [-0.2, 0) is 4.79 Å². The Morgan fingerprint density at radius 1 is 1.64 bits per heavy atom. The fourth-order valence-electron chi connectivity index (χ4n) is 1.34. The molecule has 0 aromatic heterocycles. The summed E-state index contributed by atoms with van der Waals surface area (Å²) in [5.41, 5.74) is -0.894. The van der Waals surface area contributed by atoms with E-state index in [9.17, 15) is 4.79 Å². The molecule has 0 saturated heterocycles. The highest BCUT2D eigenvalue weighted by Gasteiger charge is 2.50. The lowest BCUT2D eigenvalue weighted by atomic mass is 9.84. The first kappa shape index (κ1) is 8.17. The minimum atomic E-state index is -0.894. The van der Waals surface area contributed by atoms with E-state index in [1.54, 1.807) is 0 Å². The third kappa shape index (κ3) is 0.931. The topological polar surface area (TPSA) is 62.0 Å². The summed E-state index contributed by atoms with van der Waals surface area (Å²) in [6.07, 6.45) is 1.29. The van der Waals surface area contributed by atoms with Gasteiger partial charge in [-0.25, -0.2) is 4.79 Å². The van der Waals surface area contributed by atoms with Gasteiger partial charge in [-0.2, -0.15) is 10.2 Å². The van der Waals surface area contributed by atoms with E-state index in [-0.39, 0.29) is 6.04 Å². The van der Waals surface area contributed by atoms with Crippen LogP contribution in [-0.4, -0.2) is 22.7 Å². The average molecular weight is 156 g/mol. The van der Waals surface area contributed by atoms with Gasteiger partial charge in [-0.05, 0) is 12.8 Å². The van der Waals surface area contributed by atoms with E-state index in [0.717, 1.165) is 6.42 Å². The van der Waals surface area contributed by atoms with Crippen LogP contribution in [0.5, 0.6) is 0 Å². The van der Waals surface area contributed by atoms with E-state index < -0.39 is 11.5 Å². The standard InChI is InChI=1S/C7H12N2O2/c1-3-5-7(4-2,6(10)11)9-8-5/h5H,3-4H2,1-2H3,(H,10,11). The summed E-state index contributed by atoms with van der Waals surface area (Å²) in [5.74, 6) is -0.846. The predicted molar refractivity (Wildman–Crippen MR) is 39.6 cm³/mol. The van der Waals surface area contributed by atoms with Gasteiger partial charge >= 0.3 is 5.97 Å². The molecular formula is C7H12N2O2. The molecule has 0 fully saturated rings. The molecule has 0 amide bonds. The number of rotatable bonds is 3. The van der Waals surface area contributed by atoms with E-state index >= 15 is 0 Å². The Balaban J connectivity index is 2.80. The van der Waals surface area contributed by atoms with Gasteiger partial charge in [0.2, 0.25) is 5.54 Å². The van der Waals surface area contributed by atoms with Crippen LogP contribution in [0.4, 0.5) is 0 Å². The normalized spacial score (nSPS) is 34.9. The summed E-state index contributed by atoms with van der Waals surface area (Å²) >= 11 is 0. The molecule has 2 atom stereocenters. The molecule has 1 N–H and O–H groups in total. The van der Waals surface area contributed by atoms with Crippen molar-refractivity contribution in [2.24, 2.45) is 10.2 Å². The fraction of sp³-hybridized carbons (Fsp3) is 0.857. The molecule has 1 heterocycles. The number of azo groups is 1. The molecule has 1 aliphatic heterocycles. The largest absolute Gasteiger partial charge is 0.479 e. The van der Waals surface area contributed by atoms with Gasteiger partial charge in [0, 0.05) is 0 Å². The van der Waals surface area contributed by atoms with Gasteiger partial charge in [0.1, 0.15) is 6.04 Å². The van der Waals surface area contributed by atoms with Crippen molar-refractivity contribution in [3.8, 4) is 0 Å². The molecule has 1 aliphatic rings. The summed E-state index contributed by atoms with van der Waals surface area (Å²) in [7, 11) is 0. The fourth-order valence-corrected chi connectivity index (χ4v) is 1.34. The zero-order chi connectivity index (χ0) is 8.48. The van der Waals surface area contributed by atoms with Crippen LogP contribution >= 0.6 is 0 Å². The predicted octanol–water partition coefficient (Wildman–Crippen LogP) is 1.46. The molecule has 62 valence electrons. The average Bonchev–Trinajstić information content (AvgIpc) is 1.87. The third-order valence-electron chi connectivity index (χ3n) is 2.22. The van der Waals surface area contributed by atoms with Gasteiger partial charge in [0.15, 0.2) is 0 Å². The maximum atomic E-state index is 10.8. The molecule has 4 nitrogen and oxygen atoms in total. The summed E-state index contributed by atoms with van der Waals surface area (Å²) in [6.45, 7) is 3.76. The second kappa shape index (κ2) is 2.60. The Morgan fingerprint density at radius 2 is 2.27 bits per heavy atom. The van der Waals surface area contributed by atoms with Crippen molar-refractivity contribution in [1.29, 1.82) is 0 Å². The number of hydrogen-bond acceptors (Lipinski definition) is 3. The summed E-state index contributed by atoms with van der Waals surface area (Å²) < 4.78 is 0. The Morgan fingerprint density at radius 3 is 2.36 bits per heavy atom. The molecule has 0 bridgehead atoms. The van der Waals surface area contributed by atoms with Gasteiger partial charge in [-0.15, -0.1) is 0 Å². The molecule has 0 spiro atoms. The zero-order valence-electron chi connectivity index (χ0n) is 6.74. The zero-order valence-corrected chi connectivity index (χ0v) is 6.74. The second-order valence-electron chi connectivity index (χ2n) is 2.72. The lowest BCUT2D eigenvalue weighted by Crippen LogP contribution is -2.51. The van der Waals surface area contributed by atoms with Crippen molar-refractivity contribution in [1.82, 2.24) is 0 Å². The molecule has 0 aromatic rings. The van der Waals surface area contributed by atoms with Crippen LogP contribution in [0, 0.1) is 0 Å². The van der Waals surface area contributed by atoms with Crippen molar-refractivity contribution in [3.63, 3.8) is 0 Å². The number of hydrogen-bond donors (Lipinski definition) is 1. The Hall–Kier alpha value is -0.930. The van der Waals surface area contributed by atoms with E-state index in [0.29, 0.717) is 6.42 Å². The van der Waals surface area contributed by atoms with Gasteiger partial charge < -0.3 is 5.11 Å². The van der Waals surface area contributed by atoms with Crippen molar-refractivity contribution >= 4 is 5.97 Å². The molecule has 1 rings (SSSR count). The summed E-state index contributed by atoms with van der Waals surface area (Å²) in [4.78, 5) is 10.8. The number of nitrogens with zero attached hydrogens (tertiary/aromatic N) is 2. The monoisotopic (exact) mass is 156 g/mol. The van der Waals surface area contributed by atoms with Crippen LogP contribution in [0.1, 0.15) is 26.7 Å². The second-order valence-corrected chi connectivity index (χ2v) is 2.72. The Labute approximate surface area is 65.3 Å². The van der Waals surface area contributed by atoms with Crippen molar-refractivity contribution in [3.05, 3.63) is 0 Å². The maximum absolute atomic E-state index is 10.8. The summed E-state index contributed by atoms with van der Waals surface area (Å²) in [6, 6.07) is -0.106. The Bertz CT molecular complexity index is 203. The lowest BCUT2D eigenvalue weighted by molar-refractivity contribution is -0.146. The van der Waals surface area contributed by atoms with E-state index in [1.807, 2.05) is 13.8 Å². The van der Waals surface area contributed by atoms with Gasteiger partial charge in [-0.3, -0.25) is 0 Å². The molecule has 0 aliphatic carbocycles. The highest BCUT2D eigenvalue weighted by atomic mass is 16.4. The molecule has 0 aromatic carbocycles. The van der Waals surface area contributed by atoms with Crippen molar-refractivity contribution in [2.75, 3.05) is 0 Å². The van der Waals surface area contributed by atoms with Crippen LogP contribution in [0.3, 0.4) is 0 Å². The number of carboxylic acid groups (broad SMARTS) is 1. The molecule has 4 heteroatoms. The quantitative estimate of drug-likeness (QED) is 0.672. The number of aliphatic carboxylic acids is 1. The molecule has 11 heavy (non-hydrogen) atoms. The molecular weight excluding hydrogens is 144 g/mol. The number of carbonyl (C=O) groups is 1. The first-order valence-electron chi connectivity index (χ1n) is 3.82. The van der Waals surface area contributed by atoms with Gasteiger partial charge in [0.05, 0.1) is 0 Å². The van der Waals surface area contributed by atoms with Gasteiger partial charge in [0.25, 0.3) is 0 Å². The van der Waals surface area contributed by atoms with Crippen LogP contribution in [0.25, 0.3) is 0 Å². The van der Waals surface area contributed by atoms with Crippen molar-refractivity contribution < 1.29 is 9.90 Å². The minimum absolute atomic E-state index is 0.106.